The van der Waals surface area contributed by atoms with Crippen molar-refractivity contribution in [3.63, 3.8) is 0 Å². The number of aliphatic hydroxyl groups excluding tert-OH is 2. The van der Waals surface area contributed by atoms with Crippen LogP contribution in [0.25, 0.3) is 6.08 Å². The quantitative estimate of drug-likeness (QED) is 0.116. The maximum absolute atomic E-state index is 12.9. The Labute approximate surface area is 270 Å². The number of fused-ring (bicyclic) bond motifs is 7. The first kappa shape index (κ1) is 32.6. The molecule has 1 aromatic rings. The average Bonchev–Trinajstić information content (AvgIpc) is 2.99. The van der Waals surface area contributed by atoms with E-state index in [0.717, 1.165) is 51.4 Å². The van der Waals surface area contributed by atoms with E-state index in [-0.39, 0.29) is 45.7 Å². The molecule has 6 rings (SSSR count). The zero-order valence-electron chi connectivity index (χ0n) is 28.4. The number of benzene rings is 1. The fourth-order valence-corrected chi connectivity index (χ4v) is 11.7. The number of carbonyl (C=O) groups is 1. The molecule has 0 aromatic heterocycles. The van der Waals surface area contributed by atoms with E-state index < -0.39 is 17.5 Å². The minimum absolute atomic E-state index is 0.00911. The molecule has 9 atom stereocenters. The van der Waals surface area contributed by atoms with Gasteiger partial charge in [-0.1, -0.05) is 59.3 Å². The predicted octanol–water partition coefficient (Wildman–Crippen LogP) is 7.79. The Morgan fingerprint density at radius 2 is 1.67 bits per heavy atom. The van der Waals surface area contributed by atoms with E-state index in [1.54, 1.807) is 17.7 Å². The lowest BCUT2D eigenvalue weighted by atomic mass is 9.33. The lowest BCUT2D eigenvalue weighted by molar-refractivity contribution is -0.219. The Kier molecular flexibility index (Phi) is 7.88. The van der Waals surface area contributed by atoms with Crippen LogP contribution in [-0.4, -0.2) is 45.7 Å². The van der Waals surface area contributed by atoms with Gasteiger partial charge in [-0.3, -0.25) is 0 Å². The lowest BCUT2D eigenvalue weighted by Crippen LogP contribution is -2.65. The number of hydrogen-bond acceptors (Lipinski definition) is 6. The number of phenols is 2. The third kappa shape index (κ3) is 4.91. The Balaban J connectivity index is 1.25. The van der Waals surface area contributed by atoms with Gasteiger partial charge in [0.2, 0.25) is 0 Å². The van der Waals surface area contributed by atoms with Crippen LogP contribution in [-0.2, 0) is 9.53 Å². The Hall–Kier alpha value is -2.31. The highest BCUT2D eigenvalue weighted by Gasteiger charge is 2.68. The first-order valence-corrected chi connectivity index (χ1v) is 17.4. The summed E-state index contributed by atoms with van der Waals surface area (Å²) in [6.07, 6.45) is 15.5. The molecule has 0 amide bonds. The van der Waals surface area contributed by atoms with Gasteiger partial charge in [0, 0.05) is 23.5 Å². The Morgan fingerprint density at radius 3 is 2.38 bits per heavy atom. The third-order valence-electron chi connectivity index (χ3n) is 14.8. The number of aliphatic hydroxyl groups is 2. The zero-order valence-corrected chi connectivity index (χ0v) is 28.4. The van der Waals surface area contributed by atoms with Gasteiger partial charge in [-0.2, -0.15) is 0 Å². The van der Waals surface area contributed by atoms with E-state index in [0.29, 0.717) is 35.8 Å². The van der Waals surface area contributed by atoms with Crippen molar-refractivity contribution in [3.05, 3.63) is 41.5 Å². The van der Waals surface area contributed by atoms with Gasteiger partial charge in [0.15, 0.2) is 11.5 Å². The Bertz CT molecular complexity index is 1400. The van der Waals surface area contributed by atoms with Gasteiger partial charge in [0.25, 0.3) is 0 Å². The summed E-state index contributed by atoms with van der Waals surface area (Å²) >= 11 is 0. The van der Waals surface area contributed by atoms with Crippen LogP contribution in [0.3, 0.4) is 0 Å². The molecule has 0 heterocycles. The van der Waals surface area contributed by atoms with Crippen LogP contribution >= 0.6 is 0 Å². The fourth-order valence-electron chi connectivity index (χ4n) is 11.7. The zero-order chi connectivity index (χ0) is 32.6. The molecule has 6 heteroatoms. The molecule has 0 aliphatic heterocycles. The molecular weight excluding hydrogens is 564 g/mol. The highest BCUT2D eigenvalue weighted by molar-refractivity contribution is 5.87. The lowest BCUT2D eigenvalue weighted by Gasteiger charge is -2.71. The van der Waals surface area contributed by atoms with E-state index in [2.05, 4.69) is 47.6 Å². The predicted molar refractivity (Wildman–Crippen MR) is 176 cm³/mol. The second kappa shape index (κ2) is 10.9. The molecule has 248 valence electrons. The number of ether oxygens (including phenoxy) is 1. The summed E-state index contributed by atoms with van der Waals surface area (Å²) in [4.78, 5) is 12.9. The van der Waals surface area contributed by atoms with E-state index in [1.165, 1.54) is 24.6 Å². The number of aromatic hydroxyl groups is 2. The van der Waals surface area contributed by atoms with Gasteiger partial charge >= 0.3 is 5.97 Å². The molecule has 6 nitrogen and oxygen atoms in total. The van der Waals surface area contributed by atoms with Gasteiger partial charge in [-0.15, -0.1) is 0 Å². The van der Waals surface area contributed by atoms with Crippen molar-refractivity contribution in [1.29, 1.82) is 0 Å². The first-order valence-electron chi connectivity index (χ1n) is 17.4. The van der Waals surface area contributed by atoms with E-state index >= 15 is 0 Å². The second-order valence-electron chi connectivity index (χ2n) is 17.5. The molecule has 0 bridgehead atoms. The summed E-state index contributed by atoms with van der Waals surface area (Å²) in [5, 5.41) is 41.6. The minimum atomic E-state index is -0.550. The molecule has 1 aromatic carbocycles. The summed E-state index contributed by atoms with van der Waals surface area (Å²) in [5.74, 6) is 0.217. The number of allylic oxidation sites excluding steroid dienone is 2. The van der Waals surface area contributed by atoms with Crippen LogP contribution in [0.1, 0.15) is 111 Å². The van der Waals surface area contributed by atoms with Crippen molar-refractivity contribution in [2.75, 3.05) is 13.2 Å². The molecule has 0 spiro atoms. The molecule has 4 N–H and O–H groups in total. The highest BCUT2D eigenvalue weighted by Crippen LogP contribution is 2.75. The third-order valence-corrected chi connectivity index (χ3v) is 14.8. The number of carbonyl (C=O) groups excluding carboxylic acids is 1. The van der Waals surface area contributed by atoms with E-state index in [1.807, 2.05) is 0 Å². The molecule has 5 aliphatic carbocycles. The van der Waals surface area contributed by atoms with E-state index in [4.69, 9.17) is 4.74 Å². The number of esters is 1. The van der Waals surface area contributed by atoms with Gasteiger partial charge in [0.05, 0.1) is 12.7 Å². The van der Waals surface area contributed by atoms with Crippen molar-refractivity contribution in [3.8, 4) is 11.5 Å². The van der Waals surface area contributed by atoms with Crippen molar-refractivity contribution in [2.45, 2.75) is 112 Å². The SMILES string of the molecule is CC1(C)CCC2(CO)CCC3(C)C(=CCC4C5(C)CCC(O)C(C)(COC(=O)C=Cc6ccc(O)c(O)c6)C5CCC43C)C2C1. The summed E-state index contributed by atoms with van der Waals surface area (Å²) in [7, 11) is 0. The Morgan fingerprint density at radius 1 is 0.933 bits per heavy atom. The number of phenolic OH excluding ortho intramolecular Hbond substituents is 2. The molecule has 0 saturated heterocycles. The van der Waals surface area contributed by atoms with E-state index in [9.17, 15) is 25.2 Å². The molecule has 4 saturated carbocycles. The molecule has 45 heavy (non-hydrogen) atoms. The maximum Gasteiger partial charge on any atom is 0.330 e. The topological polar surface area (TPSA) is 107 Å². The van der Waals surface area contributed by atoms with Crippen molar-refractivity contribution in [1.82, 2.24) is 0 Å². The molecule has 0 radical (unpaired) electrons. The van der Waals surface area contributed by atoms with Crippen LogP contribution < -0.4 is 0 Å². The van der Waals surface area contributed by atoms with Crippen LogP contribution in [0.5, 0.6) is 11.5 Å². The summed E-state index contributed by atoms with van der Waals surface area (Å²) in [6.45, 7) is 15.0. The highest BCUT2D eigenvalue weighted by atomic mass is 16.5. The molecule has 4 fully saturated rings. The van der Waals surface area contributed by atoms with Crippen molar-refractivity contribution in [2.24, 2.45) is 50.2 Å². The van der Waals surface area contributed by atoms with Crippen LogP contribution in [0, 0.1) is 50.2 Å². The average molecular weight is 621 g/mol. The van der Waals surface area contributed by atoms with Crippen LogP contribution in [0.15, 0.2) is 35.9 Å². The fraction of sp³-hybridized carbons (Fsp3) is 0.718. The van der Waals surface area contributed by atoms with Crippen LogP contribution in [0.4, 0.5) is 0 Å². The smallest absolute Gasteiger partial charge is 0.330 e. The van der Waals surface area contributed by atoms with Crippen LogP contribution in [0.2, 0.25) is 0 Å². The monoisotopic (exact) mass is 620 g/mol. The summed E-state index contributed by atoms with van der Waals surface area (Å²) < 4.78 is 5.86. The maximum atomic E-state index is 12.9. The van der Waals surface area contributed by atoms with Gasteiger partial charge in [-0.25, -0.2) is 4.79 Å². The summed E-state index contributed by atoms with van der Waals surface area (Å²) in [6, 6.07) is 4.39. The standard InChI is InChI=1S/C39H56O6/c1-34(2)17-19-39(23-40)20-18-37(5)26(27(39)22-34)9-11-31-35(3)15-14-32(43)36(4,30(35)13-16-38(31,37)6)24-45-33(44)12-8-25-7-10-28(41)29(42)21-25/h7-10,12,21,27,30-32,40-43H,11,13-20,22-24H2,1-6H3. The van der Waals surface area contributed by atoms with Crippen molar-refractivity contribution >= 4 is 12.0 Å². The van der Waals surface area contributed by atoms with Crippen molar-refractivity contribution < 1.29 is 30.0 Å². The molecule has 9 unspecified atom stereocenters. The number of rotatable bonds is 5. The molecule has 5 aliphatic rings. The van der Waals surface area contributed by atoms with Gasteiger partial charge < -0.3 is 25.2 Å². The normalized spacial score (nSPS) is 43.8. The van der Waals surface area contributed by atoms with Gasteiger partial charge in [0.1, 0.15) is 0 Å². The molecular formula is C39H56O6. The summed E-state index contributed by atoms with van der Waals surface area (Å²) in [5.41, 5.74) is 2.22. The minimum Gasteiger partial charge on any atom is -0.504 e. The van der Waals surface area contributed by atoms with Gasteiger partial charge in [-0.05, 0) is 127 Å². The second-order valence-corrected chi connectivity index (χ2v) is 17.5. The number of hydrogen-bond donors (Lipinski definition) is 4. The first-order chi connectivity index (χ1) is 21.0. The largest absolute Gasteiger partial charge is 0.504 e.